The molecule has 0 aliphatic rings. The minimum Gasteiger partial charge on any atom is -0.144 e. The van der Waals surface area contributed by atoms with Gasteiger partial charge in [-0.15, -0.1) is 12.6 Å². The third-order valence-corrected chi connectivity index (χ3v) is 1.94. The topological polar surface area (TPSA) is 0 Å². The summed E-state index contributed by atoms with van der Waals surface area (Å²) in [6.45, 7) is 0. The third-order valence-electron chi connectivity index (χ3n) is 0.904. The molecule has 0 nitrogen and oxygen atoms in total. The standard InChI is InChI=1S/C6H5SSi/c7-5-3-1-2-4-6(5)8/h1-4,7H. The lowest BCUT2D eigenvalue weighted by atomic mass is 10.4. The van der Waals surface area contributed by atoms with E-state index in [1.165, 1.54) is 0 Å². The van der Waals surface area contributed by atoms with Gasteiger partial charge in [0.1, 0.15) is 0 Å². The first-order valence-electron chi connectivity index (χ1n) is 2.30. The second-order valence-corrected chi connectivity index (χ2v) is 2.54. The van der Waals surface area contributed by atoms with E-state index in [4.69, 9.17) is 0 Å². The van der Waals surface area contributed by atoms with Gasteiger partial charge < -0.3 is 0 Å². The Balaban J connectivity index is 3.13. The van der Waals surface area contributed by atoms with Gasteiger partial charge in [0.2, 0.25) is 0 Å². The average molecular weight is 137 g/mol. The molecule has 0 aliphatic carbocycles. The molecule has 0 amide bonds. The molecular formula is C6H5SSi. The van der Waals surface area contributed by atoms with Gasteiger partial charge in [-0.1, -0.05) is 23.4 Å². The van der Waals surface area contributed by atoms with Gasteiger partial charge in [0.05, 0.1) is 10.2 Å². The fourth-order valence-corrected chi connectivity index (χ4v) is 0.814. The molecule has 0 aromatic heterocycles. The van der Waals surface area contributed by atoms with E-state index in [0.29, 0.717) is 0 Å². The third kappa shape index (κ3) is 1.14. The highest BCUT2D eigenvalue weighted by Gasteiger charge is 1.85. The average Bonchev–Trinajstić information content (AvgIpc) is 1.77. The highest BCUT2D eigenvalue weighted by atomic mass is 32.1. The van der Waals surface area contributed by atoms with Crippen molar-refractivity contribution in [1.29, 1.82) is 0 Å². The fourth-order valence-electron chi connectivity index (χ4n) is 0.474. The van der Waals surface area contributed by atoms with Crippen molar-refractivity contribution in [3.05, 3.63) is 24.3 Å². The van der Waals surface area contributed by atoms with Crippen LogP contribution in [0.3, 0.4) is 0 Å². The molecule has 0 N–H and O–H groups in total. The Labute approximate surface area is 57.8 Å². The van der Waals surface area contributed by atoms with Crippen molar-refractivity contribution in [3.8, 4) is 0 Å². The van der Waals surface area contributed by atoms with Gasteiger partial charge in [-0.3, -0.25) is 0 Å². The van der Waals surface area contributed by atoms with Crippen LogP contribution in [0.1, 0.15) is 0 Å². The number of thiol groups is 1. The van der Waals surface area contributed by atoms with Crippen LogP contribution in [-0.4, -0.2) is 10.2 Å². The molecule has 0 spiro atoms. The van der Waals surface area contributed by atoms with Crippen LogP contribution < -0.4 is 5.19 Å². The normalized spacial score (nSPS) is 9.25. The maximum absolute atomic E-state index is 4.15. The smallest absolute Gasteiger partial charge is 0.0727 e. The first-order chi connectivity index (χ1) is 3.80. The SMILES string of the molecule is [Si]c1ccccc1S. The Bertz CT molecular complexity index is 165. The molecule has 3 radical (unpaired) electrons. The molecular weight excluding hydrogens is 132 g/mol. The Morgan fingerprint density at radius 1 is 1.25 bits per heavy atom. The molecule has 1 rings (SSSR count). The van der Waals surface area contributed by atoms with Crippen LogP contribution in [0.15, 0.2) is 29.2 Å². The summed E-state index contributed by atoms with van der Waals surface area (Å²) in [5.74, 6) is 0. The molecule has 1 aromatic rings. The van der Waals surface area contributed by atoms with E-state index in [-0.39, 0.29) is 0 Å². The van der Waals surface area contributed by atoms with Crippen LogP contribution in [0.2, 0.25) is 0 Å². The summed E-state index contributed by atoms with van der Waals surface area (Å²) >= 11 is 4.15. The molecule has 0 unspecified atom stereocenters. The van der Waals surface area contributed by atoms with Gasteiger partial charge in [-0.25, -0.2) is 0 Å². The van der Waals surface area contributed by atoms with Crippen molar-refractivity contribution in [1.82, 2.24) is 0 Å². The number of hydrogen-bond donors (Lipinski definition) is 1. The van der Waals surface area contributed by atoms with Crippen LogP contribution in [-0.2, 0) is 0 Å². The molecule has 0 bridgehead atoms. The van der Waals surface area contributed by atoms with Gasteiger partial charge in [0.15, 0.2) is 0 Å². The second-order valence-electron chi connectivity index (χ2n) is 1.52. The predicted octanol–water partition coefficient (Wildman–Crippen LogP) is 0.769. The van der Waals surface area contributed by atoms with Crippen molar-refractivity contribution >= 4 is 28.1 Å². The molecule has 2 heteroatoms. The molecule has 39 valence electrons. The Morgan fingerprint density at radius 3 is 2.25 bits per heavy atom. The zero-order valence-corrected chi connectivity index (χ0v) is 6.15. The quantitative estimate of drug-likeness (QED) is 0.396. The van der Waals surface area contributed by atoms with Gasteiger partial charge in [0, 0.05) is 4.90 Å². The minimum atomic E-state index is 0.976. The van der Waals surface area contributed by atoms with Gasteiger partial charge >= 0.3 is 0 Å². The lowest BCUT2D eigenvalue weighted by molar-refractivity contribution is 1.54. The molecule has 0 aliphatic heterocycles. The van der Waals surface area contributed by atoms with Crippen molar-refractivity contribution in [2.24, 2.45) is 0 Å². The maximum Gasteiger partial charge on any atom is 0.0727 e. The highest BCUT2D eigenvalue weighted by molar-refractivity contribution is 7.80. The lowest BCUT2D eigenvalue weighted by Crippen LogP contribution is -2.01. The molecule has 0 saturated carbocycles. The van der Waals surface area contributed by atoms with Crippen LogP contribution in [0, 0.1) is 0 Å². The molecule has 0 atom stereocenters. The Kier molecular flexibility index (Phi) is 1.75. The van der Waals surface area contributed by atoms with Crippen LogP contribution in [0.4, 0.5) is 0 Å². The zero-order chi connectivity index (χ0) is 5.98. The van der Waals surface area contributed by atoms with Crippen molar-refractivity contribution in [3.63, 3.8) is 0 Å². The first-order valence-corrected chi connectivity index (χ1v) is 3.25. The van der Waals surface area contributed by atoms with E-state index >= 15 is 0 Å². The molecule has 1 aromatic carbocycles. The summed E-state index contributed by atoms with van der Waals surface area (Å²) in [5.41, 5.74) is 0. The summed E-state index contributed by atoms with van der Waals surface area (Å²) in [5, 5.41) is 1.04. The number of hydrogen-bond acceptors (Lipinski definition) is 1. The van der Waals surface area contributed by atoms with E-state index in [0.717, 1.165) is 10.1 Å². The minimum absolute atomic E-state index is 0.976. The molecule has 0 fully saturated rings. The Hall–Kier alpha value is -0.213. The van der Waals surface area contributed by atoms with Gasteiger partial charge in [0.25, 0.3) is 0 Å². The summed E-state index contributed by atoms with van der Waals surface area (Å²) in [7, 11) is 3.37. The van der Waals surface area contributed by atoms with E-state index in [9.17, 15) is 0 Å². The Morgan fingerprint density at radius 2 is 1.88 bits per heavy atom. The number of benzene rings is 1. The lowest BCUT2D eigenvalue weighted by Gasteiger charge is -1.92. The largest absolute Gasteiger partial charge is 0.144 e. The van der Waals surface area contributed by atoms with E-state index in [1.54, 1.807) is 0 Å². The summed E-state index contributed by atoms with van der Waals surface area (Å²) in [6, 6.07) is 7.80. The van der Waals surface area contributed by atoms with E-state index in [1.807, 2.05) is 24.3 Å². The van der Waals surface area contributed by atoms with Crippen LogP contribution >= 0.6 is 12.6 Å². The zero-order valence-electron chi connectivity index (χ0n) is 4.26. The summed E-state index contributed by atoms with van der Waals surface area (Å²) in [6.07, 6.45) is 0. The van der Waals surface area contributed by atoms with Crippen LogP contribution in [0.25, 0.3) is 0 Å². The molecule has 8 heavy (non-hydrogen) atoms. The van der Waals surface area contributed by atoms with Crippen molar-refractivity contribution < 1.29 is 0 Å². The van der Waals surface area contributed by atoms with Gasteiger partial charge in [-0.05, 0) is 6.07 Å². The second kappa shape index (κ2) is 2.37. The summed E-state index contributed by atoms with van der Waals surface area (Å²) in [4.78, 5) is 0.976. The molecule has 0 heterocycles. The maximum atomic E-state index is 4.15. The predicted molar refractivity (Wildman–Crippen MR) is 39.1 cm³/mol. The first kappa shape index (κ1) is 5.92. The van der Waals surface area contributed by atoms with E-state index in [2.05, 4.69) is 22.9 Å². The number of rotatable bonds is 0. The van der Waals surface area contributed by atoms with Gasteiger partial charge in [-0.2, -0.15) is 0 Å². The molecule has 0 saturated heterocycles. The van der Waals surface area contributed by atoms with Crippen LogP contribution in [0.5, 0.6) is 0 Å². The highest BCUT2D eigenvalue weighted by Crippen LogP contribution is 1.97. The summed E-state index contributed by atoms with van der Waals surface area (Å²) < 4.78 is 0. The van der Waals surface area contributed by atoms with E-state index < -0.39 is 0 Å². The monoisotopic (exact) mass is 137 g/mol. The van der Waals surface area contributed by atoms with Crippen molar-refractivity contribution in [2.45, 2.75) is 4.90 Å². The van der Waals surface area contributed by atoms with Crippen molar-refractivity contribution in [2.75, 3.05) is 0 Å². The fraction of sp³-hybridized carbons (Fsp3) is 0.